The fourth-order valence-corrected chi connectivity index (χ4v) is 7.29. The Hall–Kier alpha value is -7.12. The van der Waals surface area contributed by atoms with Gasteiger partial charge in [0.05, 0.1) is 71.0 Å². The summed E-state index contributed by atoms with van der Waals surface area (Å²) in [7, 11) is 17.4. The van der Waals surface area contributed by atoms with Crippen molar-refractivity contribution in [3.63, 3.8) is 0 Å². The van der Waals surface area contributed by atoms with Gasteiger partial charge in [0.15, 0.2) is 0 Å². The first-order chi connectivity index (χ1) is 31.4. The molecule has 0 radical (unpaired) electrons. The normalized spacial score (nSPS) is 11.0. The third-order valence-corrected chi connectivity index (χ3v) is 10.4. The van der Waals surface area contributed by atoms with Gasteiger partial charge in [0, 0.05) is 47.5 Å². The molecule has 0 aliphatic carbocycles. The summed E-state index contributed by atoms with van der Waals surface area (Å²) in [5, 5.41) is 0. The molecule has 0 N–H and O–H groups in total. The molecule has 0 fully saturated rings. The molecule has 0 bridgehead atoms. The van der Waals surface area contributed by atoms with E-state index in [2.05, 4.69) is 38.4 Å². The van der Waals surface area contributed by atoms with E-state index in [1.54, 1.807) is 56.9 Å². The Balaban J connectivity index is 1.28. The Bertz CT molecular complexity index is 2090. The molecule has 0 heterocycles. The highest BCUT2D eigenvalue weighted by Crippen LogP contribution is 2.33. The van der Waals surface area contributed by atoms with Gasteiger partial charge in [-0.1, -0.05) is 0 Å². The summed E-state index contributed by atoms with van der Waals surface area (Å²) in [6.45, 7) is 2.37. The van der Waals surface area contributed by atoms with Crippen molar-refractivity contribution in [1.82, 2.24) is 0 Å². The van der Waals surface area contributed by atoms with E-state index in [0.717, 1.165) is 33.4 Å². The van der Waals surface area contributed by atoms with Crippen LogP contribution in [-0.2, 0) is 39.5 Å². The minimum Gasteiger partial charge on any atom is -0.497 e. The van der Waals surface area contributed by atoms with E-state index in [4.69, 9.17) is 56.8 Å². The van der Waals surface area contributed by atoms with Gasteiger partial charge in [-0.2, -0.15) is 0 Å². The molecule has 344 valence electrons. The lowest BCUT2D eigenvalue weighted by atomic mass is 10.1. The van der Waals surface area contributed by atoms with Crippen molar-refractivity contribution >= 4 is 0 Å². The van der Waals surface area contributed by atoms with E-state index >= 15 is 0 Å². The van der Waals surface area contributed by atoms with Crippen molar-refractivity contribution in [2.24, 2.45) is 0 Å². The van der Waals surface area contributed by atoms with Gasteiger partial charge in [-0.3, -0.25) is 0 Å². The zero-order chi connectivity index (χ0) is 46.3. The van der Waals surface area contributed by atoms with Crippen molar-refractivity contribution in [3.05, 3.63) is 143 Å². The number of hydrogen-bond donors (Lipinski definition) is 0. The maximum absolute atomic E-state index is 6.44. The zero-order valence-corrected chi connectivity index (χ0v) is 39.0. The topological polar surface area (TPSA) is 111 Å². The summed E-state index contributed by atoms with van der Waals surface area (Å²) in [6.07, 6.45) is 0. The van der Waals surface area contributed by atoms with E-state index in [1.807, 2.05) is 84.9 Å². The molecule has 6 rings (SSSR count). The second-order valence-electron chi connectivity index (χ2n) is 15.9. The highest BCUT2D eigenvalue weighted by Gasteiger charge is 2.21. The van der Waals surface area contributed by atoms with E-state index < -0.39 is 0 Å². The number of ether oxygens (including phenoxy) is 12. The highest BCUT2D eigenvalue weighted by atomic mass is 16.5. The molecule has 0 atom stereocenters. The van der Waals surface area contributed by atoms with Crippen LogP contribution in [0, 0.1) is 0 Å². The number of quaternary nitrogens is 1. The summed E-state index contributed by atoms with van der Waals surface area (Å²) < 4.78 is 70.4. The lowest BCUT2D eigenvalue weighted by Crippen LogP contribution is -2.37. The van der Waals surface area contributed by atoms with Gasteiger partial charge in [-0.05, 0) is 95.1 Å². The molecule has 13 nitrogen and oxygen atoms in total. The highest BCUT2D eigenvalue weighted by molar-refractivity contribution is 5.44. The van der Waals surface area contributed by atoms with E-state index in [-0.39, 0.29) is 26.4 Å². The van der Waals surface area contributed by atoms with Crippen LogP contribution in [0.1, 0.15) is 33.4 Å². The van der Waals surface area contributed by atoms with Crippen LogP contribution in [-0.4, -0.2) is 75.5 Å². The Morgan fingerprint density at radius 3 is 0.600 bits per heavy atom. The van der Waals surface area contributed by atoms with E-state index in [9.17, 15) is 0 Å². The summed E-state index contributed by atoms with van der Waals surface area (Å²) in [4.78, 5) is 0. The zero-order valence-electron chi connectivity index (χ0n) is 39.0. The lowest BCUT2D eigenvalue weighted by Gasteiger charge is -2.30. The van der Waals surface area contributed by atoms with E-state index in [0.29, 0.717) is 86.6 Å². The Morgan fingerprint density at radius 1 is 0.246 bits per heavy atom. The molecular weight excluding hydrogens is 831 g/mol. The van der Waals surface area contributed by atoms with E-state index in [1.165, 1.54) is 0 Å². The summed E-state index contributed by atoms with van der Waals surface area (Å²) in [5.74, 6) is 8.03. The van der Waals surface area contributed by atoms with Crippen LogP contribution in [0.5, 0.6) is 69.0 Å². The average Bonchev–Trinajstić information content (AvgIpc) is 3.32. The fraction of sp³-hybridized carbons (Fsp3) is 0.308. The molecule has 0 spiro atoms. The molecule has 6 aromatic carbocycles. The van der Waals surface area contributed by atoms with Crippen LogP contribution in [0.3, 0.4) is 0 Å². The quantitative estimate of drug-likeness (QED) is 0.0540. The number of benzene rings is 6. The molecule has 0 amide bonds. The van der Waals surface area contributed by atoms with Crippen molar-refractivity contribution in [1.29, 1.82) is 0 Å². The minimum atomic E-state index is 0.280. The minimum absolute atomic E-state index is 0.280. The van der Waals surface area contributed by atoms with Gasteiger partial charge >= 0.3 is 0 Å². The molecule has 0 aromatic heterocycles. The summed E-state index contributed by atoms with van der Waals surface area (Å²) in [6, 6.07) is 34.8. The number of methoxy groups -OCH3 is 8. The maximum atomic E-state index is 6.44. The first-order valence-electron chi connectivity index (χ1n) is 20.9. The van der Waals surface area contributed by atoms with Gasteiger partial charge < -0.3 is 61.3 Å². The Labute approximate surface area is 382 Å². The SMILES string of the molecule is COc1cc(COc2cc(C[N+](C)(C)Cc3cc(OCc4cc(OC)cc(OC)c4)cc(OCc4cc(OC)cc(OC)c4)c3)cc(OCc3cc(OC)cc(OC)c3)c2)cc(OC)c1. The molecule has 65 heavy (non-hydrogen) atoms. The standard InChI is InChI=1S/C52H60NO12/c1-53(2,29-35-11-49(62-31-37-15-41(54-3)23-42(16-37)55-4)27-50(12-35)63-32-38-17-43(56-5)24-44(18-38)57-6)30-36-13-51(64-33-39-19-45(58-7)25-46(20-39)59-8)28-52(14-36)65-34-40-21-47(60-9)26-48(22-40)61-10/h11-28H,29-34H2,1-10H3/q+1. The molecule has 0 saturated heterocycles. The van der Waals surface area contributed by atoms with Crippen molar-refractivity contribution < 1.29 is 61.3 Å². The molecule has 0 aliphatic heterocycles. The Morgan fingerprint density at radius 2 is 0.415 bits per heavy atom. The van der Waals surface area contributed by atoms with Crippen LogP contribution in [0.25, 0.3) is 0 Å². The lowest BCUT2D eigenvalue weighted by molar-refractivity contribution is -0.916. The molecular formula is C52H60NO12+. The maximum Gasteiger partial charge on any atom is 0.124 e. The number of hydrogen-bond acceptors (Lipinski definition) is 12. The van der Waals surface area contributed by atoms with Crippen molar-refractivity contribution in [2.45, 2.75) is 39.5 Å². The number of nitrogens with zero attached hydrogens (tertiary/aromatic N) is 1. The van der Waals surface area contributed by atoms with Crippen molar-refractivity contribution in [2.75, 3.05) is 71.0 Å². The first kappa shape index (κ1) is 47.4. The summed E-state index contributed by atoms with van der Waals surface area (Å²) >= 11 is 0. The third kappa shape index (κ3) is 13.9. The average molecular weight is 891 g/mol. The summed E-state index contributed by atoms with van der Waals surface area (Å²) in [5.41, 5.74) is 5.60. The van der Waals surface area contributed by atoms with Gasteiger partial charge in [-0.15, -0.1) is 0 Å². The van der Waals surface area contributed by atoms with Crippen LogP contribution in [0.4, 0.5) is 0 Å². The van der Waals surface area contributed by atoms with Crippen LogP contribution < -0.4 is 56.8 Å². The second kappa shape index (κ2) is 22.5. The van der Waals surface area contributed by atoms with Crippen LogP contribution in [0.2, 0.25) is 0 Å². The molecule has 0 aliphatic rings. The fourth-order valence-electron chi connectivity index (χ4n) is 7.29. The molecule has 0 unspecified atom stereocenters. The predicted octanol–water partition coefficient (Wildman–Crippen LogP) is 9.85. The first-order valence-corrected chi connectivity index (χ1v) is 20.9. The van der Waals surface area contributed by atoms with Gasteiger partial charge in [0.25, 0.3) is 0 Å². The van der Waals surface area contributed by atoms with Crippen molar-refractivity contribution in [3.8, 4) is 69.0 Å². The molecule has 0 saturated carbocycles. The smallest absolute Gasteiger partial charge is 0.124 e. The number of rotatable bonds is 24. The van der Waals surface area contributed by atoms with Crippen LogP contribution >= 0.6 is 0 Å². The Kier molecular flexibility index (Phi) is 16.4. The van der Waals surface area contributed by atoms with Gasteiger partial charge in [-0.25, -0.2) is 0 Å². The predicted molar refractivity (Wildman–Crippen MR) is 248 cm³/mol. The second-order valence-corrected chi connectivity index (χ2v) is 15.9. The van der Waals surface area contributed by atoms with Crippen LogP contribution in [0.15, 0.2) is 109 Å². The molecule has 6 aromatic rings. The van der Waals surface area contributed by atoms with Gasteiger partial charge in [0.2, 0.25) is 0 Å². The largest absolute Gasteiger partial charge is 0.497 e. The van der Waals surface area contributed by atoms with Gasteiger partial charge in [0.1, 0.15) is 109 Å². The molecule has 13 heteroatoms. The monoisotopic (exact) mass is 890 g/mol. The third-order valence-electron chi connectivity index (χ3n) is 10.4.